The molecule has 2 aliphatic heterocycles. The van der Waals surface area contributed by atoms with Gasteiger partial charge in [0.1, 0.15) is 11.9 Å². The predicted molar refractivity (Wildman–Crippen MR) is 108 cm³/mol. The van der Waals surface area contributed by atoms with Crippen molar-refractivity contribution < 1.29 is 17.9 Å². The first-order chi connectivity index (χ1) is 13.4. The summed E-state index contributed by atoms with van der Waals surface area (Å²) in [5.41, 5.74) is 3.11. The molecule has 1 amide bonds. The third kappa shape index (κ3) is 3.35. The summed E-state index contributed by atoms with van der Waals surface area (Å²) in [6.07, 6.45) is 2.36. The van der Waals surface area contributed by atoms with Crippen molar-refractivity contribution in [3.05, 3.63) is 47.5 Å². The van der Waals surface area contributed by atoms with Crippen molar-refractivity contribution in [2.24, 2.45) is 0 Å². The van der Waals surface area contributed by atoms with E-state index in [0.29, 0.717) is 36.4 Å². The summed E-state index contributed by atoms with van der Waals surface area (Å²) in [7, 11) is -3.75. The van der Waals surface area contributed by atoms with Gasteiger partial charge in [-0.05, 0) is 67.6 Å². The number of carbonyl (C=O) groups excluding carboxylic acids is 1. The second kappa shape index (κ2) is 7.13. The normalized spacial score (nSPS) is 19.1. The number of hydrogen-bond acceptors (Lipinski definition) is 4. The number of carbonyl (C=O) groups is 1. The largest absolute Gasteiger partial charge is 0.486 e. The lowest BCUT2D eigenvalue weighted by molar-refractivity contribution is -0.116. The molecule has 7 heteroatoms. The molecule has 2 aliphatic rings. The number of nitrogens with zero attached hydrogens (tertiary/aromatic N) is 1. The maximum Gasteiger partial charge on any atom is 0.264 e. The van der Waals surface area contributed by atoms with Crippen LogP contribution >= 0.6 is 0 Å². The molecule has 1 N–H and O–H groups in total. The molecule has 2 aromatic rings. The molecular formula is C21H24N2O4S. The molecule has 0 aromatic heterocycles. The Hall–Kier alpha value is -2.54. The van der Waals surface area contributed by atoms with Gasteiger partial charge in [-0.25, -0.2) is 8.42 Å². The van der Waals surface area contributed by atoms with Crippen LogP contribution in [0, 0.1) is 6.92 Å². The Morgan fingerprint density at radius 1 is 1.18 bits per heavy atom. The van der Waals surface area contributed by atoms with E-state index in [1.54, 1.807) is 18.2 Å². The van der Waals surface area contributed by atoms with Crippen LogP contribution in [0.25, 0.3) is 0 Å². The minimum atomic E-state index is -3.75. The van der Waals surface area contributed by atoms with Gasteiger partial charge in [0, 0.05) is 12.1 Å². The van der Waals surface area contributed by atoms with E-state index in [4.69, 9.17) is 4.74 Å². The fourth-order valence-corrected chi connectivity index (χ4v) is 5.25. The monoisotopic (exact) mass is 400 g/mol. The number of hydrogen-bond donors (Lipinski definition) is 1. The lowest BCUT2D eigenvalue weighted by Crippen LogP contribution is -2.43. The van der Waals surface area contributed by atoms with Gasteiger partial charge in [0.05, 0.1) is 17.1 Å². The van der Waals surface area contributed by atoms with Crippen molar-refractivity contribution in [3.8, 4) is 5.75 Å². The molecule has 148 valence electrons. The molecule has 1 atom stereocenters. The molecule has 1 unspecified atom stereocenters. The number of fused-ring (bicyclic) bond motifs is 2. The van der Waals surface area contributed by atoms with E-state index in [1.807, 2.05) is 32.0 Å². The van der Waals surface area contributed by atoms with Gasteiger partial charge in [-0.3, -0.25) is 9.10 Å². The summed E-state index contributed by atoms with van der Waals surface area (Å²) in [5.74, 6) is 0.562. The van der Waals surface area contributed by atoms with Crippen molar-refractivity contribution in [1.82, 2.24) is 0 Å². The number of ether oxygens (including phenoxy) is 1. The first-order valence-corrected chi connectivity index (χ1v) is 11.1. The molecular weight excluding hydrogens is 376 g/mol. The SMILES string of the molecule is CCC1CN(S(=O)(=O)c2ccc3c(c2)CCCC(=O)N3)c2cc(C)ccc2O1. The maximum absolute atomic E-state index is 13.5. The number of aryl methyl sites for hydroxylation is 2. The minimum absolute atomic E-state index is 0.0299. The summed E-state index contributed by atoms with van der Waals surface area (Å²) in [5, 5.41) is 2.85. The van der Waals surface area contributed by atoms with Crippen LogP contribution in [-0.2, 0) is 21.2 Å². The molecule has 0 bridgehead atoms. The van der Waals surface area contributed by atoms with Crippen LogP contribution in [-0.4, -0.2) is 27.0 Å². The lowest BCUT2D eigenvalue weighted by atomic mass is 10.1. The van der Waals surface area contributed by atoms with Crippen molar-refractivity contribution >= 4 is 27.3 Å². The fraction of sp³-hybridized carbons (Fsp3) is 0.381. The maximum atomic E-state index is 13.5. The van der Waals surface area contributed by atoms with Crippen LogP contribution in [0.2, 0.25) is 0 Å². The molecule has 0 aliphatic carbocycles. The Bertz CT molecular complexity index is 1030. The second-order valence-electron chi connectivity index (χ2n) is 7.38. The summed E-state index contributed by atoms with van der Waals surface area (Å²) in [6.45, 7) is 4.20. The number of anilines is 2. The Morgan fingerprint density at radius 3 is 2.79 bits per heavy atom. The molecule has 0 fully saturated rings. The van der Waals surface area contributed by atoms with Crippen molar-refractivity contribution in [1.29, 1.82) is 0 Å². The molecule has 28 heavy (non-hydrogen) atoms. The number of rotatable bonds is 3. The number of amides is 1. The van der Waals surface area contributed by atoms with Crippen molar-refractivity contribution in [2.75, 3.05) is 16.2 Å². The topological polar surface area (TPSA) is 75.7 Å². The molecule has 2 heterocycles. The van der Waals surface area contributed by atoms with Crippen LogP contribution in [0.1, 0.15) is 37.3 Å². The average Bonchev–Trinajstić information content (AvgIpc) is 2.86. The van der Waals surface area contributed by atoms with E-state index in [2.05, 4.69) is 5.32 Å². The molecule has 2 aromatic carbocycles. The van der Waals surface area contributed by atoms with Gasteiger partial charge >= 0.3 is 0 Å². The smallest absolute Gasteiger partial charge is 0.264 e. The summed E-state index contributed by atoms with van der Waals surface area (Å²) in [6, 6.07) is 10.6. The Kier molecular flexibility index (Phi) is 4.79. The standard InChI is InChI=1S/C21H24N2O4S/c1-3-16-13-23(19-11-14(2)7-10-20(19)27-16)28(25,26)17-8-9-18-15(12-17)5-4-6-21(24)22-18/h7-12,16H,3-6,13H2,1-2H3,(H,22,24). The fourth-order valence-electron chi connectivity index (χ4n) is 3.70. The zero-order valence-corrected chi connectivity index (χ0v) is 16.9. The first-order valence-electron chi connectivity index (χ1n) is 9.61. The van der Waals surface area contributed by atoms with Crippen LogP contribution in [0.4, 0.5) is 11.4 Å². The van der Waals surface area contributed by atoms with Crippen LogP contribution in [0.15, 0.2) is 41.3 Å². The van der Waals surface area contributed by atoms with Gasteiger partial charge in [0.2, 0.25) is 5.91 Å². The molecule has 6 nitrogen and oxygen atoms in total. The van der Waals surface area contributed by atoms with Crippen molar-refractivity contribution in [2.45, 2.75) is 50.5 Å². The van der Waals surface area contributed by atoms with Crippen molar-refractivity contribution in [3.63, 3.8) is 0 Å². The van der Waals surface area contributed by atoms with Crippen LogP contribution < -0.4 is 14.4 Å². The molecule has 0 spiro atoms. The zero-order valence-electron chi connectivity index (χ0n) is 16.1. The van der Waals surface area contributed by atoms with E-state index in [-0.39, 0.29) is 23.5 Å². The molecule has 0 radical (unpaired) electrons. The van der Waals surface area contributed by atoms with E-state index in [0.717, 1.165) is 17.5 Å². The number of benzene rings is 2. The third-order valence-electron chi connectivity index (χ3n) is 5.29. The highest BCUT2D eigenvalue weighted by Gasteiger charge is 2.34. The zero-order chi connectivity index (χ0) is 19.9. The van der Waals surface area contributed by atoms with E-state index >= 15 is 0 Å². The van der Waals surface area contributed by atoms with Crippen LogP contribution in [0.3, 0.4) is 0 Å². The molecule has 0 saturated carbocycles. The highest BCUT2D eigenvalue weighted by Crippen LogP contribution is 2.38. The van der Waals surface area contributed by atoms with E-state index in [9.17, 15) is 13.2 Å². The van der Waals surface area contributed by atoms with Gasteiger partial charge in [-0.2, -0.15) is 0 Å². The van der Waals surface area contributed by atoms with Gasteiger partial charge < -0.3 is 10.1 Å². The molecule has 4 rings (SSSR count). The third-order valence-corrected chi connectivity index (χ3v) is 7.07. The Balaban J connectivity index is 1.77. The quantitative estimate of drug-likeness (QED) is 0.854. The molecule has 0 saturated heterocycles. The average molecular weight is 401 g/mol. The number of nitrogens with one attached hydrogen (secondary N) is 1. The first kappa shape index (κ1) is 18.8. The Morgan fingerprint density at radius 2 is 2.00 bits per heavy atom. The summed E-state index contributed by atoms with van der Waals surface area (Å²) in [4.78, 5) is 12.0. The Labute approximate surface area is 165 Å². The second-order valence-corrected chi connectivity index (χ2v) is 9.24. The lowest BCUT2D eigenvalue weighted by Gasteiger charge is -2.35. The predicted octanol–water partition coefficient (Wildman–Crippen LogP) is 3.64. The highest BCUT2D eigenvalue weighted by molar-refractivity contribution is 7.92. The number of sulfonamides is 1. The van der Waals surface area contributed by atoms with Gasteiger partial charge in [-0.1, -0.05) is 13.0 Å². The minimum Gasteiger partial charge on any atom is -0.486 e. The summed E-state index contributed by atoms with van der Waals surface area (Å²) < 4.78 is 34.5. The van der Waals surface area contributed by atoms with Gasteiger partial charge in [0.15, 0.2) is 0 Å². The van der Waals surface area contributed by atoms with E-state index in [1.165, 1.54) is 4.31 Å². The van der Waals surface area contributed by atoms with Crippen LogP contribution in [0.5, 0.6) is 5.75 Å². The van der Waals surface area contributed by atoms with Gasteiger partial charge in [-0.15, -0.1) is 0 Å². The highest BCUT2D eigenvalue weighted by atomic mass is 32.2. The van der Waals surface area contributed by atoms with E-state index < -0.39 is 10.0 Å². The van der Waals surface area contributed by atoms with Gasteiger partial charge in [0.25, 0.3) is 10.0 Å². The summed E-state index contributed by atoms with van der Waals surface area (Å²) >= 11 is 0.